The molecule has 3 rings (SSSR count). The molecule has 3 aromatic rings. The Balaban J connectivity index is 1.62. The number of hydrogen-bond donors (Lipinski definition) is 3. The highest BCUT2D eigenvalue weighted by Crippen LogP contribution is 2.20. The number of hydrogen-bond acceptors (Lipinski definition) is 6. The minimum atomic E-state index is -3.63. The van der Waals surface area contributed by atoms with Crippen molar-refractivity contribution in [2.45, 2.75) is 4.21 Å². The molecule has 1 amide bonds. The van der Waals surface area contributed by atoms with Crippen LogP contribution < -0.4 is 10.1 Å². The Bertz CT molecular complexity index is 1060. The number of sulfonamides is 1. The lowest BCUT2D eigenvalue weighted by Crippen LogP contribution is -2.17. The maximum atomic E-state index is 12.2. The molecule has 138 valence electrons. The fourth-order valence-electron chi connectivity index (χ4n) is 2.15. The van der Waals surface area contributed by atoms with Gasteiger partial charge in [-0.15, -0.1) is 11.3 Å². The highest BCUT2D eigenvalue weighted by Gasteiger charge is 2.15. The summed E-state index contributed by atoms with van der Waals surface area (Å²) in [5.74, 6) is -0.343. The molecule has 0 spiro atoms. The second-order valence-corrected chi connectivity index (χ2v) is 8.27. The van der Waals surface area contributed by atoms with Crippen LogP contribution in [0.25, 0.3) is 0 Å². The van der Waals surface area contributed by atoms with Crippen LogP contribution >= 0.6 is 11.3 Å². The molecule has 0 aliphatic rings. The summed E-state index contributed by atoms with van der Waals surface area (Å²) >= 11 is 1.12. The molecule has 0 saturated carbocycles. The number of amides is 1. The first-order valence-electron chi connectivity index (χ1n) is 7.73. The molecule has 1 aromatic heterocycles. The lowest BCUT2D eigenvalue weighted by atomic mass is 10.2. The highest BCUT2D eigenvalue weighted by molar-refractivity contribution is 7.94. The van der Waals surface area contributed by atoms with Crippen molar-refractivity contribution >= 4 is 39.2 Å². The molecule has 2 aromatic carbocycles. The van der Waals surface area contributed by atoms with Crippen molar-refractivity contribution in [1.82, 2.24) is 5.43 Å². The van der Waals surface area contributed by atoms with Gasteiger partial charge in [-0.1, -0.05) is 18.2 Å². The number of phenols is 1. The topological polar surface area (TPSA) is 108 Å². The van der Waals surface area contributed by atoms with Gasteiger partial charge < -0.3 is 5.11 Å². The lowest BCUT2D eigenvalue weighted by molar-refractivity contribution is 0.0955. The smallest absolute Gasteiger partial charge is 0.271 e. The number of benzene rings is 2. The quantitative estimate of drug-likeness (QED) is 0.436. The van der Waals surface area contributed by atoms with E-state index >= 15 is 0 Å². The van der Waals surface area contributed by atoms with Crippen LogP contribution in [-0.2, 0) is 10.0 Å². The predicted octanol–water partition coefficient (Wildman–Crippen LogP) is 3.02. The zero-order valence-electron chi connectivity index (χ0n) is 13.9. The molecule has 7 nitrogen and oxygen atoms in total. The van der Waals surface area contributed by atoms with Gasteiger partial charge in [0.15, 0.2) is 0 Å². The second kappa shape index (κ2) is 8.02. The first-order valence-corrected chi connectivity index (χ1v) is 10.1. The molecule has 9 heteroatoms. The average molecular weight is 401 g/mol. The van der Waals surface area contributed by atoms with E-state index in [4.69, 9.17) is 0 Å². The van der Waals surface area contributed by atoms with Crippen LogP contribution in [0.2, 0.25) is 0 Å². The molecule has 0 aliphatic carbocycles. The number of thiophene rings is 1. The summed E-state index contributed by atoms with van der Waals surface area (Å²) in [6.07, 6.45) is 1.40. The Kier molecular flexibility index (Phi) is 5.53. The molecule has 0 unspecified atom stereocenters. The fraction of sp³-hybridized carbons (Fsp3) is 0. The van der Waals surface area contributed by atoms with Crippen LogP contribution in [-0.4, -0.2) is 25.6 Å². The van der Waals surface area contributed by atoms with Gasteiger partial charge in [0.05, 0.1) is 6.21 Å². The van der Waals surface area contributed by atoms with Crippen LogP contribution in [0, 0.1) is 0 Å². The van der Waals surface area contributed by atoms with Crippen LogP contribution in [0.15, 0.2) is 75.4 Å². The largest absolute Gasteiger partial charge is 0.508 e. The molecule has 0 aliphatic heterocycles. The minimum absolute atomic E-state index is 0.103. The van der Waals surface area contributed by atoms with E-state index in [2.05, 4.69) is 15.2 Å². The molecule has 0 atom stereocenters. The number of anilines is 1. The van der Waals surface area contributed by atoms with E-state index in [1.807, 2.05) is 0 Å². The highest BCUT2D eigenvalue weighted by atomic mass is 32.2. The normalized spacial score (nSPS) is 11.4. The molecular formula is C18H15N3O4S2. The molecule has 27 heavy (non-hydrogen) atoms. The van der Waals surface area contributed by atoms with Gasteiger partial charge in [0.2, 0.25) is 0 Å². The van der Waals surface area contributed by atoms with Gasteiger partial charge >= 0.3 is 0 Å². The van der Waals surface area contributed by atoms with Crippen LogP contribution in [0.1, 0.15) is 15.9 Å². The first-order chi connectivity index (χ1) is 12.9. The number of nitrogens with zero attached hydrogens (tertiary/aromatic N) is 1. The number of phenolic OH excluding ortho intramolecular Hbond substituents is 1. The first kappa shape index (κ1) is 18.6. The Hall–Kier alpha value is -3.17. The molecule has 1 heterocycles. The Morgan fingerprint density at radius 2 is 1.85 bits per heavy atom. The zero-order valence-corrected chi connectivity index (χ0v) is 15.5. The van der Waals surface area contributed by atoms with Crippen molar-refractivity contribution in [2.75, 3.05) is 4.72 Å². The van der Waals surface area contributed by atoms with E-state index in [0.29, 0.717) is 16.8 Å². The van der Waals surface area contributed by atoms with E-state index in [-0.39, 0.29) is 9.96 Å². The molecule has 3 N–H and O–H groups in total. The third kappa shape index (κ3) is 4.93. The molecule has 0 fully saturated rings. The Labute approximate surface area is 160 Å². The summed E-state index contributed by atoms with van der Waals surface area (Å²) in [6.45, 7) is 0. The Morgan fingerprint density at radius 1 is 1.07 bits per heavy atom. The zero-order chi connectivity index (χ0) is 19.3. The predicted molar refractivity (Wildman–Crippen MR) is 105 cm³/mol. The number of aromatic hydroxyl groups is 1. The van der Waals surface area contributed by atoms with Gasteiger partial charge in [-0.3, -0.25) is 9.52 Å². The maximum Gasteiger partial charge on any atom is 0.271 e. The summed E-state index contributed by atoms with van der Waals surface area (Å²) in [7, 11) is -3.63. The van der Waals surface area contributed by atoms with Gasteiger partial charge in [0, 0.05) is 11.3 Å². The van der Waals surface area contributed by atoms with E-state index in [1.54, 1.807) is 23.6 Å². The second-order valence-electron chi connectivity index (χ2n) is 5.41. The fourth-order valence-corrected chi connectivity index (χ4v) is 4.20. The average Bonchev–Trinajstić information content (AvgIpc) is 3.18. The van der Waals surface area contributed by atoms with E-state index in [1.165, 1.54) is 48.7 Å². The van der Waals surface area contributed by atoms with E-state index < -0.39 is 15.9 Å². The van der Waals surface area contributed by atoms with Crippen molar-refractivity contribution in [2.24, 2.45) is 5.10 Å². The van der Waals surface area contributed by atoms with Crippen LogP contribution in [0.4, 0.5) is 5.69 Å². The number of carbonyl (C=O) groups excluding carboxylic acids is 1. The van der Waals surface area contributed by atoms with Crippen molar-refractivity contribution in [1.29, 1.82) is 0 Å². The summed E-state index contributed by atoms with van der Waals surface area (Å²) in [5, 5.41) is 14.9. The summed E-state index contributed by atoms with van der Waals surface area (Å²) in [5.41, 5.74) is 3.67. The van der Waals surface area contributed by atoms with Gasteiger partial charge in [-0.25, -0.2) is 13.8 Å². The van der Waals surface area contributed by atoms with Crippen LogP contribution in [0.5, 0.6) is 5.75 Å². The minimum Gasteiger partial charge on any atom is -0.508 e. The lowest BCUT2D eigenvalue weighted by Gasteiger charge is -2.07. The number of rotatable bonds is 6. The standard InChI is InChI=1S/C18H15N3O4S2/c22-16-4-1-3-13(11-16)12-19-20-18(23)14-6-8-15(9-7-14)21-27(24,25)17-5-2-10-26-17/h1-12,21-22H,(H,20,23). The Morgan fingerprint density at radius 3 is 2.52 bits per heavy atom. The van der Waals surface area contributed by atoms with Crippen molar-refractivity contribution in [3.8, 4) is 5.75 Å². The van der Waals surface area contributed by atoms with E-state index in [9.17, 15) is 18.3 Å². The third-order valence-corrected chi connectivity index (χ3v) is 6.19. The summed E-state index contributed by atoms with van der Waals surface area (Å²) in [6, 6.07) is 15.6. The third-order valence-electron chi connectivity index (χ3n) is 3.41. The van der Waals surface area contributed by atoms with Gasteiger partial charge in [-0.05, 0) is 53.4 Å². The van der Waals surface area contributed by atoms with Crippen molar-refractivity contribution in [3.05, 3.63) is 77.2 Å². The molecule has 0 radical (unpaired) electrons. The van der Waals surface area contributed by atoms with Crippen LogP contribution in [0.3, 0.4) is 0 Å². The van der Waals surface area contributed by atoms with Gasteiger partial charge in [0.1, 0.15) is 9.96 Å². The summed E-state index contributed by atoms with van der Waals surface area (Å²) < 4.78 is 27.0. The summed E-state index contributed by atoms with van der Waals surface area (Å²) in [4.78, 5) is 12.1. The number of nitrogens with one attached hydrogen (secondary N) is 2. The number of hydrazone groups is 1. The number of carbonyl (C=O) groups is 1. The van der Waals surface area contributed by atoms with Crippen molar-refractivity contribution < 1.29 is 18.3 Å². The molecule has 0 saturated heterocycles. The van der Waals surface area contributed by atoms with Gasteiger partial charge in [-0.2, -0.15) is 5.10 Å². The monoisotopic (exact) mass is 401 g/mol. The SMILES string of the molecule is O=C(NN=Cc1cccc(O)c1)c1ccc(NS(=O)(=O)c2cccs2)cc1. The van der Waals surface area contributed by atoms with Crippen molar-refractivity contribution in [3.63, 3.8) is 0 Å². The molecule has 0 bridgehead atoms. The van der Waals surface area contributed by atoms with E-state index in [0.717, 1.165) is 11.3 Å². The maximum absolute atomic E-state index is 12.2. The van der Waals surface area contributed by atoms with Gasteiger partial charge in [0.25, 0.3) is 15.9 Å². The molecular weight excluding hydrogens is 386 g/mol.